The summed E-state index contributed by atoms with van der Waals surface area (Å²) >= 11 is 0. The number of nitrogens with one attached hydrogen (secondary N) is 1. The molecule has 0 heterocycles. The number of hydrogen-bond donors (Lipinski definition) is 2. The summed E-state index contributed by atoms with van der Waals surface area (Å²) in [6.45, 7) is 0.517. The Kier molecular flexibility index (Phi) is 4.68. The highest BCUT2D eigenvalue weighted by molar-refractivity contribution is 5.97. The smallest absolute Gasteiger partial charge is 0.220 e. The number of Topliss-reactive ketones (excluding diaryl/α,β-unsaturated/α-hetero) is 1. The Bertz CT molecular complexity index is 441. The second-order valence-corrected chi connectivity index (χ2v) is 5.09. The monoisotopic (exact) mass is 260 g/mol. The Morgan fingerprint density at radius 1 is 1.21 bits per heavy atom. The quantitative estimate of drug-likeness (QED) is 0.730. The summed E-state index contributed by atoms with van der Waals surface area (Å²) in [6.07, 6.45) is 2.81. The molecular weight excluding hydrogens is 240 g/mol. The second kappa shape index (κ2) is 6.48. The molecule has 0 aliphatic heterocycles. The zero-order valence-corrected chi connectivity index (χ0v) is 11.0. The molecule has 0 saturated heterocycles. The van der Waals surface area contributed by atoms with Gasteiger partial charge in [0.25, 0.3) is 0 Å². The van der Waals surface area contributed by atoms with Crippen LogP contribution in [0.1, 0.15) is 36.0 Å². The number of benzene rings is 1. The molecule has 102 valence electrons. The number of carbonyl (C=O) groups is 2. The average Bonchev–Trinajstić information content (AvgIpc) is 3.27. The SMILES string of the molecule is NC(CNC(=O)CCC(=O)c1ccccc1)C1CC1. The lowest BCUT2D eigenvalue weighted by Gasteiger charge is -2.11. The predicted octanol–water partition coefficient (Wildman–Crippen LogP) is 1.50. The van der Waals surface area contributed by atoms with Crippen LogP contribution in [-0.4, -0.2) is 24.3 Å². The topological polar surface area (TPSA) is 72.2 Å². The van der Waals surface area contributed by atoms with Crippen LogP contribution in [0, 0.1) is 5.92 Å². The van der Waals surface area contributed by atoms with E-state index in [9.17, 15) is 9.59 Å². The fraction of sp³-hybridized carbons (Fsp3) is 0.467. The van der Waals surface area contributed by atoms with Gasteiger partial charge in [-0.25, -0.2) is 0 Å². The van der Waals surface area contributed by atoms with Gasteiger partial charge in [-0.1, -0.05) is 30.3 Å². The normalized spacial score (nSPS) is 15.8. The van der Waals surface area contributed by atoms with Crippen LogP contribution in [0.15, 0.2) is 30.3 Å². The molecule has 2 rings (SSSR count). The summed E-state index contributed by atoms with van der Waals surface area (Å²) in [5.74, 6) is 0.480. The molecule has 19 heavy (non-hydrogen) atoms. The van der Waals surface area contributed by atoms with E-state index in [4.69, 9.17) is 5.73 Å². The van der Waals surface area contributed by atoms with Crippen molar-refractivity contribution < 1.29 is 9.59 Å². The number of hydrogen-bond acceptors (Lipinski definition) is 3. The molecule has 1 saturated carbocycles. The Balaban J connectivity index is 1.67. The number of ketones is 1. The summed E-state index contributed by atoms with van der Waals surface area (Å²) in [5.41, 5.74) is 6.55. The van der Waals surface area contributed by atoms with E-state index in [2.05, 4.69) is 5.32 Å². The standard InChI is InChI=1S/C15H20N2O2/c16-13(11-6-7-11)10-17-15(19)9-8-14(18)12-4-2-1-3-5-12/h1-5,11,13H,6-10,16H2,(H,17,19). The lowest BCUT2D eigenvalue weighted by molar-refractivity contribution is -0.121. The first-order chi connectivity index (χ1) is 9.16. The van der Waals surface area contributed by atoms with Crippen molar-refractivity contribution in [3.8, 4) is 0 Å². The van der Waals surface area contributed by atoms with Gasteiger partial charge < -0.3 is 11.1 Å². The molecule has 3 N–H and O–H groups in total. The summed E-state index contributed by atoms with van der Waals surface area (Å²) < 4.78 is 0. The van der Waals surface area contributed by atoms with Crippen LogP contribution < -0.4 is 11.1 Å². The molecule has 0 spiro atoms. The van der Waals surface area contributed by atoms with Crippen LogP contribution in [0.4, 0.5) is 0 Å². The maximum absolute atomic E-state index is 11.8. The minimum atomic E-state index is -0.0969. The summed E-state index contributed by atoms with van der Waals surface area (Å²) in [7, 11) is 0. The minimum Gasteiger partial charge on any atom is -0.355 e. The van der Waals surface area contributed by atoms with Crippen LogP contribution in [0.2, 0.25) is 0 Å². The van der Waals surface area contributed by atoms with Gasteiger partial charge in [-0.05, 0) is 18.8 Å². The van der Waals surface area contributed by atoms with E-state index in [-0.39, 0.29) is 30.6 Å². The van der Waals surface area contributed by atoms with Crippen molar-refractivity contribution in [2.45, 2.75) is 31.7 Å². The molecule has 4 nitrogen and oxygen atoms in total. The molecule has 1 aliphatic carbocycles. The van der Waals surface area contributed by atoms with E-state index >= 15 is 0 Å². The maximum Gasteiger partial charge on any atom is 0.220 e. The summed E-state index contributed by atoms with van der Waals surface area (Å²) in [6, 6.07) is 9.10. The van der Waals surface area contributed by atoms with E-state index in [0.29, 0.717) is 18.0 Å². The van der Waals surface area contributed by atoms with Gasteiger partial charge in [0.1, 0.15) is 0 Å². The van der Waals surface area contributed by atoms with Crippen LogP contribution in [0.5, 0.6) is 0 Å². The molecule has 0 radical (unpaired) electrons. The molecule has 0 bridgehead atoms. The van der Waals surface area contributed by atoms with E-state index < -0.39 is 0 Å². The summed E-state index contributed by atoms with van der Waals surface area (Å²) in [4.78, 5) is 23.4. The van der Waals surface area contributed by atoms with Gasteiger partial charge in [-0.3, -0.25) is 9.59 Å². The van der Waals surface area contributed by atoms with Gasteiger partial charge in [-0.2, -0.15) is 0 Å². The minimum absolute atomic E-state index is 0.00208. The van der Waals surface area contributed by atoms with Crippen molar-refractivity contribution in [1.82, 2.24) is 5.32 Å². The summed E-state index contributed by atoms with van der Waals surface area (Å²) in [5, 5.41) is 2.79. The third-order valence-corrected chi connectivity index (χ3v) is 3.44. The van der Waals surface area contributed by atoms with Gasteiger partial charge in [0.2, 0.25) is 5.91 Å². The van der Waals surface area contributed by atoms with Gasteiger partial charge in [0.15, 0.2) is 5.78 Å². The van der Waals surface area contributed by atoms with Gasteiger partial charge in [-0.15, -0.1) is 0 Å². The number of nitrogens with two attached hydrogens (primary N) is 1. The first-order valence-electron chi connectivity index (χ1n) is 6.77. The van der Waals surface area contributed by atoms with E-state index in [1.807, 2.05) is 18.2 Å². The fourth-order valence-electron chi connectivity index (χ4n) is 2.01. The largest absolute Gasteiger partial charge is 0.355 e. The number of carbonyl (C=O) groups excluding carboxylic acids is 2. The molecular formula is C15H20N2O2. The predicted molar refractivity (Wildman–Crippen MR) is 73.7 cm³/mol. The molecule has 1 unspecified atom stereocenters. The van der Waals surface area contributed by atoms with E-state index in [1.54, 1.807) is 12.1 Å². The van der Waals surface area contributed by atoms with Crippen molar-refractivity contribution in [2.75, 3.05) is 6.54 Å². The molecule has 1 fully saturated rings. The molecule has 1 amide bonds. The van der Waals surface area contributed by atoms with Gasteiger partial charge in [0.05, 0.1) is 0 Å². The zero-order valence-electron chi connectivity index (χ0n) is 11.0. The van der Waals surface area contributed by atoms with Crippen LogP contribution in [0.3, 0.4) is 0 Å². The lowest BCUT2D eigenvalue weighted by Crippen LogP contribution is -2.38. The highest BCUT2D eigenvalue weighted by Gasteiger charge is 2.28. The van der Waals surface area contributed by atoms with Crippen molar-refractivity contribution in [3.63, 3.8) is 0 Å². The molecule has 0 aromatic heterocycles. The first kappa shape index (κ1) is 13.7. The van der Waals surface area contributed by atoms with Gasteiger partial charge >= 0.3 is 0 Å². The first-order valence-corrected chi connectivity index (χ1v) is 6.77. The van der Waals surface area contributed by atoms with Crippen molar-refractivity contribution in [1.29, 1.82) is 0 Å². The third kappa shape index (κ3) is 4.48. The third-order valence-electron chi connectivity index (χ3n) is 3.44. The van der Waals surface area contributed by atoms with E-state index in [0.717, 1.165) is 0 Å². The lowest BCUT2D eigenvalue weighted by atomic mass is 10.1. The molecule has 1 atom stereocenters. The van der Waals surface area contributed by atoms with Crippen molar-refractivity contribution >= 4 is 11.7 Å². The zero-order chi connectivity index (χ0) is 13.7. The average molecular weight is 260 g/mol. The Morgan fingerprint density at radius 3 is 2.53 bits per heavy atom. The fourth-order valence-corrected chi connectivity index (χ4v) is 2.01. The van der Waals surface area contributed by atoms with Gasteiger partial charge in [0, 0.05) is 31.0 Å². The Morgan fingerprint density at radius 2 is 1.89 bits per heavy atom. The maximum atomic E-state index is 11.8. The second-order valence-electron chi connectivity index (χ2n) is 5.09. The molecule has 1 aromatic carbocycles. The van der Waals surface area contributed by atoms with Crippen molar-refractivity contribution in [3.05, 3.63) is 35.9 Å². The van der Waals surface area contributed by atoms with Crippen LogP contribution in [0.25, 0.3) is 0 Å². The number of amides is 1. The van der Waals surface area contributed by atoms with Crippen LogP contribution >= 0.6 is 0 Å². The van der Waals surface area contributed by atoms with E-state index in [1.165, 1.54) is 12.8 Å². The molecule has 4 heteroatoms. The molecule has 1 aromatic rings. The highest BCUT2D eigenvalue weighted by Crippen LogP contribution is 2.31. The molecule has 1 aliphatic rings. The number of rotatable bonds is 7. The Labute approximate surface area is 113 Å². The Hall–Kier alpha value is -1.68. The highest BCUT2D eigenvalue weighted by atomic mass is 16.2. The van der Waals surface area contributed by atoms with Crippen LogP contribution in [-0.2, 0) is 4.79 Å². The van der Waals surface area contributed by atoms with Crippen molar-refractivity contribution in [2.24, 2.45) is 11.7 Å².